The zero-order valence-electron chi connectivity index (χ0n) is 18.7. The van der Waals surface area contributed by atoms with Gasteiger partial charge in [0.25, 0.3) is 0 Å². The first kappa shape index (κ1) is 28.2. The van der Waals surface area contributed by atoms with E-state index in [0.29, 0.717) is 0 Å². The van der Waals surface area contributed by atoms with E-state index in [1.54, 1.807) is 26.0 Å². The molecule has 0 aromatic heterocycles. The molecule has 33 heavy (non-hydrogen) atoms. The van der Waals surface area contributed by atoms with Crippen LogP contribution in [0, 0.1) is 5.92 Å². The van der Waals surface area contributed by atoms with Crippen LogP contribution in [0.3, 0.4) is 0 Å². The lowest BCUT2D eigenvalue weighted by atomic mass is 10.0. The van der Waals surface area contributed by atoms with Gasteiger partial charge in [0.2, 0.25) is 17.7 Å². The Kier molecular flexibility index (Phi) is 11.1. The molecule has 0 aliphatic heterocycles. The number of carboxylic acids is 1. The zero-order chi connectivity index (χ0) is 25.3. The molecule has 0 aliphatic rings. The lowest BCUT2D eigenvalue weighted by molar-refractivity contribution is -0.145. The molecular formula is C21H32N4O7S. The van der Waals surface area contributed by atoms with E-state index in [4.69, 9.17) is 10.8 Å². The Morgan fingerprint density at radius 2 is 1.48 bits per heavy atom. The fourth-order valence-corrected chi connectivity index (χ4v) is 3.13. The minimum atomic E-state index is -1.56. The largest absolute Gasteiger partial charge is 0.508 e. The normalized spacial score (nSPS) is 15.6. The minimum absolute atomic E-state index is 0.0826. The molecule has 5 unspecified atom stereocenters. The predicted octanol–water partition coefficient (Wildman–Crippen LogP) is -1.23. The maximum atomic E-state index is 12.8. The van der Waals surface area contributed by atoms with Crippen LogP contribution in [0.25, 0.3) is 0 Å². The summed E-state index contributed by atoms with van der Waals surface area (Å²) in [6.45, 7) is 4.60. The number of hydrogen-bond donors (Lipinski definition) is 8. The molecule has 0 spiro atoms. The SMILES string of the molecule is CC(C)C(NC(=O)C(N)Cc1ccc(O)cc1)C(=O)NC(CS)C(=O)NC(C(=O)O)C(C)O. The van der Waals surface area contributed by atoms with E-state index >= 15 is 0 Å². The van der Waals surface area contributed by atoms with Gasteiger partial charge >= 0.3 is 5.97 Å². The van der Waals surface area contributed by atoms with Gasteiger partial charge in [-0.3, -0.25) is 14.4 Å². The average molecular weight is 485 g/mol. The fraction of sp³-hybridized carbons (Fsp3) is 0.524. The number of aliphatic hydroxyl groups is 1. The molecule has 3 amide bonds. The van der Waals surface area contributed by atoms with E-state index in [-0.39, 0.29) is 23.8 Å². The minimum Gasteiger partial charge on any atom is -0.508 e. The first-order chi connectivity index (χ1) is 15.4. The monoisotopic (exact) mass is 484 g/mol. The van der Waals surface area contributed by atoms with E-state index in [1.165, 1.54) is 19.1 Å². The Labute approximate surface area is 197 Å². The molecular weight excluding hydrogens is 452 g/mol. The number of rotatable bonds is 12. The lowest BCUT2D eigenvalue weighted by Crippen LogP contribution is -2.59. The molecule has 12 heteroatoms. The molecule has 1 aromatic rings. The molecule has 0 heterocycles. The molecule has 0 saturated carbocycles. The molecule has 0 aliphatic carbocycles. The summed E-state index contributed by atoms with van der Waals surface area (Å²) < 4.78 is 0. The van der Waals surface area contributed by atoms with E-state index in [2.05, 4.69) is 28.6 Å². The van der Waals surface area contributed by atoms with E-state index in [1.807, 2.05) is 0 Å². The second-order valence-corrected chi connectivity index (χ2v) is 8.38. The van der Waals surface area contributed by atoms with Crippen LogP contribution in [0.15, 0.2) is 24.3 Å². The van der Waals surface area contributed by atoms with Gasteiger partial charge in [-0.1, -0.05) is 26.0 Å². The van der Waals surface area contributed by atoms with Gasteiger partial charge in [-0.2, -0.15) is 12.6 Å². The van der Waals surface area contributed by atoms with Crippen molar-refractivity contribution in [3.05, 3.63) is 29.8 Å². The van der Waals surface area contributed by atoms with E-state index < -0.39 is 54.0 Å². The molecule has 0 bridgehead atoms. The predicted molar refractivity (Wildman–Crippen MR) is 124 cm³/mol. The number of nitrogens with two attached hydrogens (primary N) is 1. The van der Waals surface area contributed by atoms with Crippen LogP contribution in [0.4, 0.5) is 0 Å². The van der Waals surface area contributed by atoms with Gasteiger partial charge in [-0.15, -0.1) is 0 Å². The molecule has 184 valence electrons. The van der Waals surface area contributed by atoms with Gasteiger partial charge in [0.15, 0.2) is 6.04 Å². The summed E-state index contributed by atoms with van der Waals surface area (Å²) in [4.78, 5) is 48.9. The number of carboxylic acid groups (broad SMARTS) is 1. The number of aliphatic hydroxyl groups excluding tert-OH is 1. The third kappa shape index (κ3) is 8.91. The van der Waals surface area contributed by atoms with Gasteiger partial charge in [0.05, 0.1) is 12.1 Å². The second kappa shape index (κ2) is 13.0. The highest BCUT2D eigenvalue weighted by atomic mass is 32.1. The number of aromatic hydroxyl groups is 1. The van der Waals surface area contributed by atoms with Gasteiger partial charge < -0.3 is 37.0 Å². The third-order valence-corrected chi connectivity index (χ3v) is 5.20. The molecule has 1 rings (SSSR count). The Bertz CT molecular complexity index is 832. The number of benzene rings is 1. The standard InChI is InChI=1S/C21H32N4O7S/c1-10(2)16(24-18(28)14(22)8-12-4-6-13(27)7-5-12)20(30)23-15(9-33)19(29)25-17(11(3)26)21(31)32/h4-7,10-11,14-17,26-27,33H,8-9,22H2,1-3H3,(H,23,30)(H,24,28)(H,25,29)(H,31,32). The van der Waals surface area contributed by atoms with Gasteiger partial charge in [-0.25, -0.2) is 4.79 Å². The molecule has 8 N–H and O–H groups in total. The third-order valence-electron chi connectivity index (χ3n) is 4.84. The average Bonchev–Trinajstić information content (AvgIpc) is 2.74. The number of aliphatic carboxylic acids is 1. The van der Waals surface area contributed by atoms with Gasteiger partial charge in [0, 0.05) is 5.75 Å². The van der Waals surface area contributed by atoms with Crippen molar-refractivity contribution in [2.24, 2.45) is 11.7 Å². The fourth-order valence-electron chi connectivity index (χ4n) is 2.87. The first-order valence-corrected chi connectivity index (χ1v) is 11.0. The summed E-state index contributed by atoms with van der Waals surface area (Å²) in [6, 6.07) is 1.45. The van der Waals surface area contributed by atoms with E-state index in [9.17, 15) is 29.4 Å². The van der Waals surface area contributed by atoms with Crippen LogP contribution in [-0.4, -0.2) is 75.0 Å². The van der Waals surface area contributed by atoms with Crippen LogP contribution >= 0.6 is 12.6 Å². The van der Waals surface area contributed by atoms with Crippen molar-refractivity contribution in [1.29, 1.82) is 0 Å². The smallest absolute Gasteiger partial charge is 0.328 e. The Hall–Kier alpha value is -2.83. The Morgan fingerprint density at radius 3 is 1.94 bits per heavy atom. The van der Waals surface area contributed by atoms with Crippen LogP contribution in [0.1, 0.15) is 26.3 Å². The van der Waals surface area contributed by atoms with Crippen LogP contribution in [0.5, 0.6) is 5.75 Å². The number of carbonyl (C=O) groups is 4. The molecule has 0 saturated heterocycles. The number of nitrogens with one attached hydrogen (secondary N) is 3. The summed E-state index contributed by atoms with van der Waals surface area (Å²) in [6.07, 6.45) is -1.18. The lowest BCUT2D eigenvalue weighted by Gasteiger charge is -2.26. The van der Waals surface area contributed by atoms with Crippen molar-refractivity contribution in [1.82, 2.24) is 16.0 Å². The highest BCUT2D eigenvalue weighted by Crippen LogP contribution is 2.11. The maximum absolute atomic E-state index is 12.8. The highest BCUT2D eigenvalue weighted by molar-refractivity contribution is 7.80. The zero-order valence-corrected chi connectivity index (χ0v) is 19.6. The first-order valence-electron chi connectivity index (χ1n) is 10.3. The van der Waals surface area contributed by atoms with Crippen LogP contribution in [0.2, 0.25) is 0 Å². The number of phenols is 1. The van der Waals surface area contributed by atoms with Gasteiger partial charge in [0.1, 0.15) is 17.8 Å². The number of thiol groups is 1. The molecule has 0 fully saturated rings. The second-order valence-electron chi connectivity index (χ2n) is 8.02. The Balaban J connectivity index is 2.81. The number of phenolic OH excluding ortho intramolecular Hbond substituents is 1. The molecule has 0 radical (unpaired) electrons. The van der Waals surface area contributed by atoms with Crippen molar-refractivity contribution in [3.63, 3.8) is 0 Å². The maximum Gasteiger partial charge on any atom is 0.328 e. The van der Waals surface area contributed by atoms with Gasteiger partial charge in [-0.05, 0) is 37.0 Å². The summed E-state index contributed by atoms with van der Waals surface area (Å²) in [5, 5.41) is 35.2. The van der Waals surface area contributed by atoms with Crippen LogP contribution in [-0.2, 0) is 25.6 Å². The number of amides is 3. The topological polar surface area (TPSA) is 191 Å². The van der Waals surface area contributed by atoms with E-state index in [0.717, 1.165) is 5.56 Å². The van der Waals surface area contributed by atoms with Crippen molar-refractivity contribution >= 4 is 36.3 Å². The summed E-state index contributed by atoms with van der Waals surface area (Å²) in [7, 11) is 0. The van der Waals surface area contributed by atoms with Crippen molar-refractivity contribution in [2.75, 3.05) is 5.75 Å². The number of hydrogen-bond acceptors (Lipinski definition) is 8. The van der Waals surface area contributed by atoms with Crippen molar-refractivity contribution in [2.45, 2.75) is 57.5 Å². The molecule has 11 nitrogen and oxygen atoms in total. The molecule has 1 aromatic carbocycles. The molecule has 5 atom stereocenters. The number of carbonyl (C=O) groups excluding carboxylic acids is 3. The van der Waals surface area contributed by atoms with Crippen LogP contribution < -0.4 is 21.7 Å². The van der Waals surface area contributed by atoms with Crippen molar-refractivity contribution in [3.8, 4) is 5.75 Å². The summed E-state index contributed by atoms with van der Waals surface area (Å²) >= 11 is 4.03. The van der Waals surface area contributed by atoms with Crippen molar-refractivity contribution < 1.29 is 34.5 Å². The summed E-state index contributed by atoms with van der Waals surface area (Å²) in [5.74, 6) is -3.95. The summed E-state index contributed by atoms with van der Waals surface area (Å²) in [5.41, 5.74) is 6.68. The Morgan fingerprint density at radius 1 is 0.939 bits per heavy atom. The highest BCUT2D eigenvalue weighted by Gasteiger charge is 2.32. The quantitative estimate of drug-likeness (QED) is 0.169.